The summed E-state index contributed by atoms with van der Waals surface area (Å²) in [5.74, 6) is 0. The van der Waals surface area contributed by atoms with Crippen molar-refractivity contribution in [1.29, 1.82) is 0 Å². The number of hydrogen-bond acceptors (Lipinski definition) is 3. The zero-order chi connectivity index (χ0) is 13.5. The van der Waals surface area contributed by atoms with Crippen molar-refractivity contribution in [3.63, 3.8) is 0 Å². The van der Waals surface area contributed by atoms with Crippen molar-refractivity contribution in [2.75, 3.05) is 26.2 Å². The molecule has 1 heterocycles. The molecule has 1 aliphatic carbocycles. The van der Waals surface area contributed by atoms with Gasteiger partial charge in [-0.2, -0.15) is 5.10 Å². The van der Waals surface area contributed by atoms with Gasteiger partial charge in [-0.05, 0) is 32.0 Å². The molecule has 1 saturated carbocycles. The van der Waals surface area contributed by atoms with Crippen molar-refractivity contribution in [3.8, 4) is 0 Å². The van der Waals surface area contributed by atoms with Crippen molar-refractivity contribution < 1.29 is 0 Å². The highest BCUT2D eigenvalue weighted by Crippen LogP contribution is 2.28. The van der Waals surface area contributed by atoms with E-state index in [0.29, 0.717) is 6.04 Å². The lowest BCUT2D eigenvalue weighted by Gasteiger charge is -2.17. The molecular weight excluding hydrogens is 236 g/mol. The minimum atomic E-state index is 0.657. The molecule has 4 heteroatoms. The van der Waals surface area contributed by atoms with Crippen LogP contribution in [0.3, 0.4) is 0 Å². The number of nitrogens with one attached hydrogen (secondary N) is 1. The first kappa shape index (κ1) is 14.5. The molecule has 0 atom stereocenters. The van der Waals surface area contributed by atoms with Gasteiger partial charge in [-0.25, -0.2) is 0 Å². The lowest BCUT2D eigenvalue weighted by molar-refractivity contribution is 0.302. The summed E-state index contributed by atoms with van der Waals surface area (Å²) in [6.45, 7) is 9.75. The van der Waals surface area contributed by atoms with E-state index < -0.39 is 0 Å². The minimum Gasteiger partial charge on any atom is -0.310 e. The average molecular weight is 264 g/mol. The maximum Gasteiger partial charge on any atom is 0.0762 e. The molecular formula is C15H28N4. The summed E-state index contributed by atoms with van der Waals surface area (Å²) in [7, 11) is 0. The second-order valence-electron chi connectivity index (χ2n) is 5.43. The van der Waals surface area contributed by atoms with Crippen LogP contribution in [0.4, 0.5) is 0 Å². The molecule has 0 bridgehead atoms. The molecule has 0 radical (unpaired) electrons. The van der Waals surface area contributed by atoms with Gasteiger partial charge in [0.15, 0.2) is 0 Å². The summed E-state index contributed by atoms with van der Waals surface area (Å²) >= 11 is 0. The van der Waals surface area contributed by atoms with Gasteiger partial charge in [-0.1, -0.05) is 26.7 Å². The summed E-state index contributed by atoms with van der Waals surface area (Å²) < 4.78 is 2.18. The molecule has 0 amide bonds. The van der Waals surface area contributed by atoms with Crippen molar-refractivity contribution in [2.45, 2.75) is 52.1 Å². The Bertz CT molecular complexity index is 351. The second-order valence-corrected chi connectivity index (χ2v) is 5.43. The van der Waals surface area contributed by atoms with E-state index in [0.717, 1.165) is 32.7 Å². The second kappa shape index (κ2) is 7.65. The van der Waals surface area contributed by atoms with Crippen molar-refractivity contribution in [1.82, 2.24) is 20.0 Å². The molecule has 4 nitrogen and oxygen atoms in total. The molecule has 1 fully saturated rings. The summed E-state index contributed by atoms with van der Waals surface area (Å²) in [6, 6.07) is 2.81. The Morgan fingerprint density at radius 1 is 1.32 bits per heavy atom. The Kier molecular flexibility index (Phi) is 5.86. The molecule has 0 aliphatic heterocycles. The van der Waals surface area contributed by atoms with E-state index in [2.05, 4.69) is 46.1 Å². The molecule has 1 aromatic heterocycles. The normalized spacial score (nSPS) is 16.6. The molecule has 0 unspecified atom stereocenters. The van der Waals surface area contributed by atoms with Gasteiger partial charge in [-0.15, -0.1) is 0 Å². The fourth-order valence-corrected chi connectivity index (χ4v) is 2.84. The summed E-state index contributed by atoms with van der Waals surface area (Å²) in [5.41, 5.74) is 1.17. The lowest BCUT2D eigenvalue weighted by Crippen LogP contribution is -2.31. The molecule has 1 aliphatic rings. The smallest absolute Gasteiger partial charge is 0.0762 e. The Hall–Kier alpha value is -0.870. The molecule has 2 rings (SSSR count). The third-order valence-electron chi connectivity index (χ3n) is 4.17. The molecule has 19 heavy (non-hydrogen) atoms. The monoisotopic (exact) mass is 264 g/mol. The zero-order valence-electron chi connectivity index (χ0n) is 12.4. The van der Waals surface area contributed by atoms with Crippen molar-refractivity contribution in [3.05, 3.63) is 18.0 Å². The number of rotatable bonds is 8. The third-order valence-corrected chi connectivity index (χ3v) is 4.17. The van der Waals surface area contributed by atoms with E-state index in [1.54, 1.807) is 0 Å². The van der Waals surface area contributed by atoms with Crippen LogP contribution in [0.2, 0.25) is 0 Å². The van der Waals surface area contributed by atoms with Crippen molar-refractivity contribution in [2.24, 2.45) is 0 Å². The van der Waals surface area contributed by atoms with Crippen LogP contribution in [0.5, 0.6) is 0 Å². The van der Waals surface area contributed by atoms with Crippen LogP contribution in [-0.4, -0.2) is 40.9 Å². The van der Waals surface area contributed by atoms with Gasteiger partial charge in [0.1, 0.15) is 0 Å². The van der Waals surface area contributed by atoms with Crippen LogP contribution in [0.1, 0.15) is 51.3 Å². The average Bonchev–Trinajstić information content (AvgIpc) is 3.10. The van der Waals surface area contributed by atoms with Crippen LogP contribution in [0.25, 0.3) is 0 Å². The Morgan fingerprint density at radius 3 is 2.74 bits per heavy atom. The molecule has 1 aromatic rings. The van der Waals surface area contributed by atoms with E-state index in [4.69, 9.17) is 0 Å². The summed E-state index contributed by atoms with van der Waals surface area (Å²) in [6.07, 6.45) is 7.48. The van der Waals surface area contributed by atoms with Gasteiger partial charge >= 0.3 is 0 Å². The van der Waals surface area contributed by atoms with Crippen LogP contribution >= 0.6 is 0 Å². The van der Waals surface area contributed by atoms with E-state index in [1.807, 2.05) is 0 Å². The Balaban J connectivity index is 1.68. The first-order valence-electron chi connectivity index (χ1n) is 7.80. The maximum atomic E-state index is 4.69. The SMILES string of the molecule is CCN(CC)CCNCc1ccn(C2CCCC2)n1. The molecule has 0 aromatic carbocycles. The first-order valence-corrected chi connectivity index (χ1v) is 7.80. The van der Waals surface area contributed by atoms with Gasteiger partial charge in [0.25, 0.3) is 0 Å². The van der Waals surface area contributed by atoms with Crippen molar-refractivity contribution >= 4 is 0 Å². The topological polar surface area (TPSA) is 33.1 Å². The van der Waals surface area contributed by atoms with Crippen LogP contribution in [0, 0.1) is 0 Å². The van der Waals surface area contributed by atoms with E-state index in [9.17, 15) is 0 Å². The van der Waals surface area contributed by atoms with Gasteiger partial charge in [0.05, 0.1) is 11.7 Å². The number of nitrogens with zero attached hydrogens (tertiary/aromatic N) is 3. The highest BCUT2D eigenvalue weighted by atomic mass is 15.3. The lowest BCUT2D eigenvalue weighted by atomic mass is 10.3. The number of hydrogen-bond donors (Lipinski definition) is 1. The van der Waals surface area contributed by atoms with Gasteiger partial charge < -0.3 is 10.2 Å². The zero-order valence-corrected chi connectivity index (χ0v) is 12.4. The van der Waals surface area contributed by atoms with Crippen LogP contribution < -0.4 is 5.32 Å². The predicted octanol–water partition coefficient (Wildman–Crippen LogP) is 2.43. The molecule has 0 saturated heterocycles. The first-order chi connectivity index (χ1) is 9.33. The summed E-state index contributed by atoms with van der Waals surface area (Å²) in [5, 5.41) is 8.18. The predicted molar refractivity (Wildman–Crippen MR) is 79.2 cm³/mol. The highest BCUT2D eigenvalue weighted by molar-refractivity contribution is 4.99. The highest BCUT2D eigenvalue weighted by Gasteiger charge is 2.17. The molecule has 0 spiro atoms. The van der Waals surface area contributed by atoms with Crippen LogP contribution in [-0.2, 0) is 6.54 Å². The molecule has 108 valence electrons. The Morgan fingerprint density at radius 2 is 2.05 bits per heavy atom. The third kappa shape index (κ3) is 4.32. The molecule has 1 N–H and O–H groups in total. The number of aromatic nitrogens is 2. The van der Waals surface area contributed by atoms with E-state index in [1.165, 1.54) is 31.4 Å². The minimum absolute atomic E-state index is 0.657. The largest absolute Gasteiger partial charge is 0.310 e. The maximum absolute atomic E-state index is 4.69. The fourth-order valence-electron chi connectivity index (χ4n) is 2.84. The van der Waals surface area contributed by atoms with Gasteiger partial charge in [-0.3, -0.25) is 4.68 Å². The van der Waals surface area contributed by atoms with E-state index >= 15 is 0 Å². The van der Waals surface area contributed by atoms with Gasteiger partial charge in [0, 0.05) is 25.8 Å². The Labute approximate surface area is 117 Å². The fraction of sp³-hybridized carbons (Fsp3) is 0.800. The van der Waals surface area contributed by atoms with Gasteiger partial charge in [0.2, 0.25) is 0 Å². The van der Waals surface area contributed by atoms with Crippen LogP contribution in [0.15, 0.2) is 12.3 Å². The standard InChI is InChI=1S/C15H28N4/c1-3-18(4-2)12-10-16-13-14-9-11-19(17-14)15-7-5-6-8-15/h9,11,15-16H,3-8,10,12-13H2,1-2H3. The summed E-state index contributed by atoms with van der Waals surface area (Å²) in [4.78, 5) is 2.43. The quantitative estimate of drug-likeness (QED) is 0.732. The van der Waals surface area contributed by atoms with E-state index in [-0.39, 0.29) is 0 Å². The number of likely N-dealkylation sites (N-methyl/N-ethyl adjacent to an activating group) is 1.